The van der Waals surface area contributed by atoms with E-state index in [4.69, 9.17) is 5.73 Å². The summed E-state index contributed by atoms with van der Waals surface area (Å²) in [6.07, 6.45) is 0. The molecule has 0 aliphatic rings. The highest BCUT2D eigenvalue weighted by atomic mass is 16.2. The van der Waals surface area contributed by atoms with Crippen LogP contribution in [0.3, 0.4) is 0 Å². The first-order valence-electron chi connectivity index (χ1n) is 6.07. The number of hydrogen-bond acceptors (Lipinski definition) is 4. The number of carbonyl (C=O) groups is 3. The van der Waals surface area contributed by atoms with E-state index in [2.05, 4.69) is 16.0 Å². The van der Waals surface area contributed by atoms with Crippen LogP contribution >= 0.6 is 0 Å². The van der Waals surface area contributed by atoms with Crippen molar-refractivity contribution < 1.29 is 14.4 Å². The van der Waals surface area contributed by atoms with Gasteiger partial charge in [0.25, 0.3) is 5.91 Å². The second kappa shape index (κ2) is 7.25. The van der Waals surface area contributed by atoms with Gasteiger partial charge in [-0.2, -0.15) is 0 Å². The average molecular weight is 278 g/mol. The first-order chi connectivity index (χ1) is 9.47. The van der Waals surface area contributed by atoms with Gasteiger partial charge in [0.1, 0.15) is 0 Å². The SMILES string of the molecule is CNC(=O)c1ccc(C)c(NC(=O)CNC(=O)CN)c1. The maximum Gasteiger partial charge on any atom is 0.251 e. The van der Waals surface area contributed by atoms with Crippen molar-refractivity contribution in [1.82, 2.24) is 10.6 Å². The third kappa shape index (κ3) is 4.36. The lowest BCUT2D eigenvalue weighted by atomic mass is 10.1. The Morgan fingerprint density at radius 3 is 2.50 bits per heavy atom. The van der Waals surface area contributed by atoms with E-state index in [0.29, 0.717) is 11.3 Å². The van der Waals surface area contributed by atoms with E-state index in [1.54, 1.807) is 18.2 Å². The lowest BCUT2D eigenvalue weighted by Crippen LogP contribution is -2.36. The first-order valence-corrected chi connectivity index (χ1v) is 6.07. The summed E-state index contributed by atoms with van der Waals surface area (Å²) < 4.78 is 0. The molecule has 108 valence electrons. The number of carbonyl (C=O) groups excluding carboxylic acids is 3. The van der Waals surface area contributed by atoms with Gasteiger partial charge < -0.3 is 21.7 Å². The number of aryl methyl sites for hydroxylation is 1. The molecule has 20 heavy (non-hydrogen) atoms. The average Bonchev–Trinajstić information content (AvgIpc) is 2.46. The Balaban J connectivity index is 2.73. The van der Waals surface area contributed by atoms with Crippen molar-refractivity contribution in [3.05, 3.63) is 29.3 Å². The second-order valence-corrected chi connectivity index (χ2v) is 4.14. The molecule has 0 unspecified atom stereocenters. The van der Waals surface area contributed by atoms with Crippen LogP contribution in [0.25, 0.3) is 0 Å². The molecular formula is C13H18N4O3. The minimum Gasteiger partial charge on any atom is -0.355 e. The van der Waals surface area contributed by atoms with E-state index in [9.17, 15) is 14.4 Å². The molecule has 0 saturated carbocycles. The van der Waals surface area contributed by atoms with Crippen molar-refractivity contribution in [2.24, 2.45) is 5.73 Å². The molecule has 0 bridgehead atoms. The molecule has 7 nitrogen and oxygen atoms in total. The van der Waals surface area contributed by atoms with Crippen LogP contribution in [0.5, 0.6) is 0 Å². The van der Waals surface area contributed by atoms with Crippen LogP contribution in [0.4, 0.5) is 5.69 Å². The largest absolute Gasteiger partial charge is 0.355 e. The van der Waals surface area contributed by atoms with Gasteiger partial charge in [-0.05, 0) is 24.6 Å². The molecule has 0 fully saturated rings. The Morgan fingerprint density at radius 1 is 1.20 bits per heavy atom. The highest BCUT2D eigenvalue weighted by molar-refractivity contribution is 5.98. The minimum absolute atomic E-state index is 0.167. The first kappa shape index (κ1) is 15.6. The van der Waals surface area contributed by atoms with Crippen molar-refractivity contribution in [3.63, 3.8) is 0 Å². The van der Waals surface area contributed by atoms with Crippen LogP contribution in [-0.4, -0.2) is 37.9 Å². The van der Waals surface area contributed by atoms with Crippen LogP contribution in [0.15, 0.2) is 18.2 Å². The van der Waals surface area contributed by atoms with E-state index in [1.165, 1.54) is 7.05 Å². The van der Waals surface area contributed by atoms with Gasteiger partial charge in [0, 0.05) is 18.3 Å². The van der Waals surface area contributed by atoms with E-state index < -0.39 is 5.91 Å². The monoisotopic (exact) mass is 278 g/mol. The Kier molecular flexibility index (Phi) is 5.67. The molecule has 5 N–H and O–H groups in total. The summed E-state index contributed by atoms with van der Waals surface area (Å²) in [4.78, 5) is 34.1. The molecule has 1 aromatic carbocycles. The molecule has 3 amide bonds. The topological polar surface area (TPSA) is 113 Å². The lowest BCUT2D eigenvalue weighted by Gasteiger charge is -2.10. The maximum absolute atomic E-state index is 11.7. The molecule has 0 aromatic heterocycles. The molecule has 0 aliphatic carbocycles. The third-order valence-corrected chi connectivity index (χ3v) is 2.63. The summed E-state index contributed by atoms with van der Waals surface area (Å²) in [7, 11) is 1.53. The summed E-state index contributed by atoms with van der Waals surface area (Å²) in [6.45, 7) is 1.47. The number of anilines is 1. The molecule has 1 rings (SSSR count). The van der Waals surface area contributed by atoms with Crippen LogP contribution in [-0.2, 0) is 9.59 Å². The molecule has 1 aromatic rings. The van der Waals surface area contributed by atoms with Crippen LogP contribution < -0.4 is 21.7 Å². The minimum atomic E-state index is -0.406. The van der Waals surface area contributed by atoms with E-state index in [0.717, 1.165) is 5.56 Å². The fourth-order valence-corrected chi connectivity index (χ4v) is 1.49. The predicted octanol–water partition coefficient (Wildman–Crippen LogP) is -0.632. The summed E-state index contributed by atoms with van der Waals surface area (Å²) in [6, 6.07) is 4.98. The number of rotatable bonds is 5. The second-order valence-electron chi connectivity index (χ2n) is 4.14. The summed E-state index contributed by atoms with van der Waals surface area (Å²) in [5, 5.41) is 7.51. The number of benzene rings is 1. The van der Waals surface area contributed by atoms with Crippen LogP contribution in [0.1, 0.15) is 15.9 Å². The smallest absolute Gasteiger partial charge is 0.251 e. The van der Waals surface area contributed by atoms with Crippen molar-refractivity contribution in [2.45, 2.75) is 6.92 Å². The van der Waals surface area contributed by atoms with Crippen LogP contribution in [0.2, 0.25) is 0 Å². The predicted molar refractivity (Wildman–Crippen MR) is 75.3 cm³/mol. The molecule has 7 heteroatoms. The Morgan fingerprint density at radius 2 is 1.90 bits per heavy atom. The maximum atomic E-state index is 11.7. The summed E-state index contributed by atoms with van der Waals surface area (Å²) in [5.41, 5.74) is 6.90. The van der Waals surface area contributed by atoms with Crippen molar-refractivity contribution in [3.8, 4) is 0 Å². The number of amides is 3. The molecule has 0 saturated heterocycles. The molecule has 0 aliphatic heterocycles. The van der Waals surface area contributed by atoms with Gasteiger partial charge >= 0.3 is 0 Å². The van der Waals surface area contributed by atoms with E-state index in [1.807, 2.05) is 6.92 Å². The normalized spacial score (nSPS) is 9.75. The lowest BCUT2D eigenvalue weighted by molar-refractivity contribution is -0.123. The summed E-state index contributed by atoms with van der Waals surface area (Å²) >= 11 is 0. The molecule has 0 atom stereocenters. The molecule has 0 spiro atoms. The van der Waals surface area contributed by atoms with Crippen molar-refractivity contribution >= 4 is 23.4 Å². The van der Waals surface area contributed by atoms with Gasteiger partial charge in [-0.1, -0.05) is 6.07 Å². The fourth-order valence-electron chi connectivity index (χ4n) is 1.49. The highest BCUT2D eigenvalue weighted by Gasteiger charge is 2.09. The van der Waals surface area contributed by atoms with Gasteiger partial charge in [0.05, 0.1) is 13.1 Å². The molecule has 0 heterocycles. The van der Waals surface area contributed by atoms with Gasteiger partial charge in [-0.25, -0.2) is 0 Å². The summed E-state index contributed by atoms with van der Waals surface area (Å²) in [5.74, 6) is -1.03. The number of nitrogens with two attached hydrogens (primary N) is 1. The number of nitrogens with one attached hydrogen (secondary N) is 3. The van der Waals surface area contributed by atoms with E-state index in [-0.39, 0.29) is 24.9 Å². The van der Waals surface area contributed by atoms with Gasteiger partial charge in [0.15, 0.2) is 0 Å². The fraction of sp³-hybridized carbons (Fsp3) is 0.308. The van der Waals surface area contributed by atoms with E-state index >= 15 is 0 Å². The Labute approximate surface area is 116 Å². The van der Waals surface area contributed by atoms with Crippen molar-refractivity contribution in [2.75, 3.05) is 25.5 Å². The third-order valence-electron chi connectivity index (χ3n) is 2.63. The van der Waals surface area contributed by atoms with Crippen LogP contribution in [0, 0.1) is 6.92 Å². The number of hydrogen-bond donors (Lipinski definition) is 4. The van der Waals surface area contributed by atoms with Gasteiger partial charge in [-0.3, -0.25) is 14.4 Å². The highest BCUT2D eigenvalue weighted by Crippen LogP contribution is 2.16. The zero-order valence-electron chi connectivity index (χ0n) is 11.4. The van der Waals surface area contributed by atoms with Gasteiger partial charge in [0.2, 0.25) is 11.8 Å². The quantitative estimate of drug-likeness (QED) is 0.574. The van der Waals surface area contributed by atoms with Gasteiger partial charge in [-0.15, -0.1) is 0 Å². The Bertz CT molecular complexity index is 528. The standard InChI is InChI=1S/C13H18N4O3/c1-8-3-4-9(13(20)15-2)5-10(8)17-12(19)7-16-11(18)6-14/h3-5H,6-7,14H2,1-2H3,(H,15,20)(H,16,18)(H,17,19). The molecule has 0 radical (unpaired) electrons. The van der Waals surface area contributed by atoms with Crippen molar-refractivity contribution in [1.29, 1.82) is 0 Å². The molecular weight excluding hydrogens is 260 g/mol. The zero-order valence-corrected chi connectivity index (χ0v) is 11.4. The Hall–Kier alpha value is -2.41. The zero-order chi connectivity index (χ0) is 15.1.